The van der Waals surface area contributed by atoms with Gasteiger partial charge in [-0.3, -0.25) is 0 Å². The van der Waals surface area contributed by atoms with Crippen molar-refractivity contribution in [1.82, 2.24) is 5.32 Å². The first-order chi connectivity index (χ1) is 5.70. The molecule has 0 saturated carbocycles. The summed E-state index contributed by atoms with van der Waals surface area (Å²) in [4.78, 5) is 0. The number of ether oxygens (including phenoxy) is 1. The molecule has 0 saturated heterocycles. The number of nitrogens with one attached hydrogen (secondary N) is 1. The van der Waals surface area contributed by atoms with Gasteiger partial charge in [0.15, 0.2) is 0 Å². The highest BCUT2D eigenvalue weighted by Crippen LogP contribution is 1.94. The van der Waals surface area contributed by atoms with Crippen molar-refractivity contribution in [2.75, 3.05) is 19.8 Å². The van der Waals surface area contributed by atoms with Crippen LogP contribution in [0.3, 0.4) is 0 Å². The fourth-order valence-electron chi connectivity index (χ4n) is 0.797. The predicted octanol–water partition coefficient (Wildman–Crippen LogP) is 1.97. The van der Waals surface area contributed by atoms with Crippen LogP contribution >= 0.6 is 0 Å². The van der Waals surface area contributed by atoms with E-state index in [-0.39, 0.29) is 0 Å². The van der Waals surface area contributed by atoms with Crippen molar-refractivity contribution >= 4 is 0 Å². The first kappa shape index (κ1) is 11.7. The van der Waals surface area contributed by atoms with Crippen LogP contribution in [0.5, 0.6) is 0 Å². The summed E-state index contributed by atoms with van der Waals surface area (Å²) in [5.74, 6) is 0. The monoisotopic (exact) mass is 171 g/mol. The van der Waals surface area contributed by atoms with E-state index in [0.717, 1.165) is 26.2 Å². The van der Waals surface area contributed by atoms with Gasteiger partial charge in [-0.05, 0) is 20.3 Å². The van der Waals surface area contributed by atoms with E-state index in [0.29, 0.717) is 6.04 Å². The first-order valence-corrected chi connectivity index (χ1v) is 4.68. The van der Waals surface area contributed by atoms with Crippen molar-refractivity contribution in [1.29, 1.82) is 0 Å². The van der Waals surface area contributed by atoms with Crippen molar-refractivity contribution < 1.29 is 4.74 Å². The van der Waals surface area contributed by atoms with Gasteiger partial charge in [0.1, 0.15) is 0 Å². The Labute approximate surface area is 76.0 Å². The van der Waals surface area contributed by atoms with Crippen LogP contribution in [0.25, 0.3) is 0 Å². The fraction of sp³-hybridized carbons (Fsp3) is 0.800. The minimum Gasteiger partial charge on any atom is -0.380 e. The van der Waals surface area contributed by atoms with E-state index in [1.54, 1.807) is 0 Å². The second kappa shape index (κ2) is 7.32. The molecular weight excluding hydrogens is 150 g/mol. The summed E-state index contributed by atoms with van der Waals surface area (Å²) in [6, 6.07) is 0.424. The lowest BCUT2D eigenvalue weighted by Crippen LogP contribution is -2.31. The number of hydrogen-bond donors (Lipinski definition) is 1. The second-order valence-electron chi connectivity index (χ2n) is 3.04. The van der Waals surface area contributed by atoms with E-state index in [1.165, 1.54) is 5.57 Å². The quantitative estimate of drug-likeness (QED) is 0.591. The molecule has 1 N–H and O–H groups in total. The van der Waals surface area contributed by atoms with Crippen LogP contribution in [0, 0.1) is 0 Å². The molecule has 0 spiro atoms. The molecule has 1 unspecified atom stereocenters. The van der Waals surface area contributed by atoms with Crippen molar-refractivity contribution in [3.8, 4) is 0 Å². The minimum absolute atomic E-state index is 0.424. The Balaban J connectivity index is 3.30. The Bertz CT molecular complexity index is 123. The number of hydrogen-bond acceptors (Lipinski definition) is 2. The lowest BCUT2D eigenvalue weighted by Gasteiger charge is -2.13. The topological polar surface area (TPSA) is 21.3 Å². The Morgan fingerprint density at radius 1 is 1.50 bits per heavy atom. The van der Waals surface area contributed by atoms with Crippen molar-refractivity contribution in [2.24, 2.45) is 0 Å². The standard InChI is InChI=1S/C10H21NO/c1-5-9(3)7-11-10(4)8-12-6-2/h10-11H,3,5-8H2,1-2,4H3. The van der Waals surface area contributed by atoms with Gasteiger partial charge in [0.2, 0.25) is 0 Å². The zero-order valence-corrected chi connectivity index (χ0v) is 8.52. The molecule has 72 valence electrons. The second-order valence-corrected chi connectivity index (χ2v) is 3.04. The highest BCUT2D eigenvalue weighted by atomic mass is 16.5. The Kier molecular flexibility index (Phi) is 7.11. The maximum atomic E-state index is 5.27. The molecule has 0 bridgehead atoms. The molecule has 12 heavy (non-hydrogen) atoms. The van der Waals surface area contributed by atoms with Crippen LogP contribution in [-0.2, 0) is 4.74 Å². The molecule has 0 aliphatic heterocycles. The summed E-state index contributed by atoms with van der Waals surface area (Å²) in [5.41, 5.74) is 1.25. The molecular formula is C10H21NO. The fourth-order valence-corrected chi connectivity index (χ4v) is 0.797. The third-order valence-corrected chi connectivity index (χ3v) is 1.77. The summed E-state index contributed by atoms with van der Waals surface area (Å²) in [6.45, 7) is 12.7. The zero-order chi connectivity index (χ0) is 9.40. The normalized spacial score (nSPS) is 12.9. The molecule has 0 aromatic rings. The van der Waals surface area contributed by atoms with E-state index in [2.05, 4.69) is 25.7 Å². The van der Waals surface area contributed by atoms with Gasteiger partial charge >= 0.3 is 0 Å². The molecule has 0 aliphatic carbocycles. The molecule has 0 heterocycles. The van der Waals surface area contributed by atoms with Gasteiger partial charge in [0.25, 0.3) is 0 Å². The highest BCUT2D eigenvalue weighted by Gasteiger charge is 1.99. The van der Waals surface area contributed by atoms with Crippen LogP contribution in [0.1, 0.15) is 27.2 Å². The summed E-state index contributed by atoms with van der Waals surface area (Å²) < 4.78 is 5.27. The largest absolute Gasteiger partial charge is 0.380 e. The van der Waals surface area contributed by atoms with Crippen LogP contribution in [0.4, 0.5) is 0 Å². The summed E-state index contributed by atoms with van der Waals surface area (Å²) >= 11 is 0. The highest BCUT2D eigenvalue weighted by molar-refractivity contribution is 4.95. The van der Waals surface area contributed by atoms with Crippen molar-refractivity contribution in [2.45, 2.75) is 33.2 Å². The van der Waals surface area contributed by atoms with Gasteiger partial charge < -0.3 is 10.1 Å². The van der Waals surface area contributed by atoms with Crippen LogP contribution < -0.4 is 5.32 Å². The van der Waals surface area contributed by atoms with E-state index in [9.17, 15) is 0 Å². The van der Waals surface area contributed by atoms with E-state index in [4.69, 9.17) is 4.74 Å². The average molecular weight is 171 g/mol. The number of rotatable bonds is 7. The molecule has 1 atom stereocenters. The minimum atomic E-state index is 0.424. The Morgan fingerprint density at radius 3 is 2.67 bits per heavy atom. The van der Waals surface area contributed by atoms with E-state index >= 15 is 0 Å². The molecule has 0 rings (SSSR count). The van der Waals surface area contributed by atoms with Crippen LogP contribution in [-0.4, -0.2) is 25.8 Å². The molecule has 0 aromatic carbocycles. The molecule has 2 nitrogen and oxygen atoms in total. The van der Waals surface area contributed by atoms with Gasteiger partial charge in [-0.2, -0.15) is 0 Å². The Hall–Kier alpha value is -0.340. The molecule has 0 amide bonds. The van der Waals surface area contributed by atoms with Crippen molar-refractivity contribution in [3.63, 3.8) is 0 Å². The molecule has 2 heteroatoms. The van der Waals surface area contributed by atoms with Gasteiger partial charge in [0, 0.05) is 19.2 Å². The lowest BCUT2D eigenvalue weighted by molar-refractivity contribution is 0.128. The molecule has 0 fully saturated rings. The third-order valence-electron chi connectivity index (χ3n) is 1.77. The first-order valence-electron chi connectivity index (χ1n) is 4.68. The maximum absolute atomic E-state index is 5.27. The van der Waals surface area contributed by atoms with Crippen molar-refractivity contribution in [3.05, 3.63) is 12.2 Å². The zero-order valence-electron chi connectivity index (χ0n) is 8.52. The predicted molar refractivity (Wildman–Crippen MR) is 53.4 cm³/mol. The summed E-state index contributed by atoms with van der Waals surface area (Å²) in [6.07, 6.45) is 1.05. The summed E-state index contributed by atoms with van der Waals surface area (Å²) in [5, 5.41) is 3.34. The van der Waals surface area contributed by atoms with Gasteiger partial charge in [-0.25, -0.2) is 0 Å². The average Bonchev–Trinajstić information content (AvgIpc) is 2.10. The molecule has 0 aromatic heterocycles. The van der Waals surface area contributed by atoms with Crippen LogP contribution in [0.2, 0.25) is 0 Å². The lowest BCUT2D eigenvalue weighted by atomic mass is 10.2. The maximum Gasteiger partial charge on any atom is 0.0616 e. The van der Waals surface area contributed by atoms with Gasteiger partial charge in [-0.15, -0.1) is 0 Å². The van der Waals surface area contributed by atoms with E-state index < -0.39 is 0 Å². The smallest absolute Gasteiger partial charge is 0.0616 e. The van der Waals surface area contributed by atoms with Gasteiger partial charge in [-0.1, -0.05) is 19.1 Å². The Morgan fingerprint density at radius 2 is 2.17 bits per heavy atom. The third kappa shape index (κ3) is 6.38. The van der Waals surface area contributed by atoms with Crippen LogP contribution in [0.15, 0.2) is 12.2 Å². The van der Waals surface area contributed by atoms with E-state index in [1.807, 2.05) is 6.92 Å². The molecule has 0 radical (unpaired) electrons. The summed E-state index contributed by atoms with van der Waals surface area (Å²) in [7, 11) is 0. The SMILES string of the molecule is C=C(CC)CNC(C)COCC. The molecule has 0 aliphatic rings. The van der Waals surface area contributed by atoms with Gasteiger partial charge in [0.05, 0.1) is 6.61 Å².